The lowest BCUT2D eigenvalue weighted by molar-refractivity contribution is 0.101. The molecule has 0 atom stereocenters. The summed E-state index contributed by atoms with van der Waals surface area (Å²) in [4.78, 5) is 17.6. The van der Waals surface area contributed by atoms with Crippen LogP contribution in [0.15, 0.2) is 91.0 Å². The van der Waals surface area contributed by atoms with Crippen molar-refractivity contribution in [1.82, 2.24) is 14.8 Å². The van der Waals surface area contributed by atoms with Crippen molar-refractivity contribution >= 4 is 22.4 Å². The number of methoxy groups -OCH3 is 1. The number of aromatic nitrogens is 3. The molecule has 1 heterocycles. The molecule has 0 aliphatic rings. The van der Waals surface area contributed by atoms with Crippen LogP contribution in [0.2, 0.25) is 0 Å². The number of rotatable bonds is 5. The van der Waals surface area contributed by atoms with Gasteiger partial charge in [-0.3, -0.25) is 4.79 Å². The van der Waals surface area contributed by atoms with Crippen molar-refractivity contribution in [2.24, 2.45) is 0 Å². The van der Waals surface area contributed by atoms with E-state index < -0.39 is 5.91 Å². The van der Waals surface area contributed by atoms with Crippen LogP contribution in [-0.2, 0) is 0 Å². The number of hydrogen-bond donors (Lipinski definition) is 1. The van der Waals surface area contributed by atoms with E-state index in [1.807, 2.05) is 54.6 Å². The Morgan fingerprint density at radius 3 is 2.39 bits per heavy atom. The highest BCUT2D eigenvalue weighted by molar-refractivity contribution is 6.07. The maximum Gasteiger partial charge on any atom is 0.295 e. The van der Waals surface area contributed by atoms with Crippen molar-refractivity contribution in [2.45, 2.75) is 0 Å². The SMILES string of the molecule is COc1ccc(-n2nc(C(=O)Nc3cccc4ccccc34)nc2-c2ccc(F)cc2)cc1. The Kier molecular flexibility index (Phi) is 5.28. The third-order valence-corrected chi connectivity index (χ3v) is 5.27. The smallest absolute Gasteiger partial charge is 0.295 e. The zero-order valence-corrected chi connectivity index (χ0v) is 17.7. The molecule has 0 fully saturated rings. The predicted molar refractivity (Wildman–Crippen MR) is 125 cm³/mol. The van der Waals surface area contributed by atoms with E-state index in [0.29, 0.717) is 28.5 Å². The average molecular weight is 438 g/mol. The van der Waals surface area contributed by atoms with Gasteiger partial charge in [0.25, 0.3) is 5.91 Å². The van der Waals surface area contributed by atoms with Gasteiger partial charge < -0.3 is 10.1 Å². The lowest BCUT2D eigenvalue weighted by Gasteiger charge is -2.07. The average Bonchev–Trinajstić information content (AvgIpc) is 3.30. The second-order valence-corrected chi connectivity index (χ2v) is 7.36. The first-order valence-electron chi connectivity index (χ1n) is 10.3. The number of amides is 1. The highest BCUT2D eigenvalue weighted by Gasteiger charge is 2.20. The lowest BCUT2D eigenvalue weighted by Crippen LogP contribution is -2.14. The highest BCUT2D eigenvalue weighted by atomic mass is 19.1. The summed E-state index contributed by atoms with van der Waals surface area (Å²) in [5, 5.41) is 9.32. The van der Waals surface area contributed by atoms with Gasteiger partial charge in [-0.25, -0.2) is 14.1 Å². The summed E-state index contributed by atoms with van der Waals surface area (Å²) in [5.74, 6) is 0.308. The molecule has 4 aromatic carbocycles. The van der Waals surface area contributed by atoms with Crippen LogP contribution in [0.5, 0.6) is 5.75 Å². The van der Waals surface area contributed by atoms with Gasteiger partial charge >= 0.3 is 0 Å². The first-order chi connectivity index (χ1) is 16.1. The molecular formula is C26H19FN4O2. The molecule has 0 spiro atoms. The minimum atomic E-state index is -0.443. The predicted octanol–water partition coefficient (Wildman–Crippen LogP) is 5.49. The second kappa shape index (κ2) is 8.55. The number of ether oxygens (including phenoxy) is 1. The van der Waals surface area contributed by atoms with Crippen molar-refractivity contribution < 1.29 is 13.9 Å². The van der Waals surface area contributed by atoms with E-state index in [1.54, 1.807) is 36.1 Å². The molecule has 0 radical (unpaired) electrons. The van der Waals surface area contributed by atoms with Crippen LogP contribution in [0.3, 0.4) is 0 Å². The molecule has 33 heavy (non-hydrogen) atoms. The molecule has 0 saturated carbocycles. The fraction of sp³-hybridized carbons (Fsp3) is 0.0385. The standard InChI is InChI=1S/C26H19FN4O2/c1-33-21-15-13-20(14-16-21)31-25(18-9-11-19(27)12-10-18)29-24(30-31)26(32)28-23-8-4-6-17-5-2-3-7-22(17)23/h2-16H,1H3,(H,28,32). The fourth-order valence-electron chi connectivity index (χ4n) is 3.61. The van der Waals surface area contributed by atoms with Crippen LogP contribution >= 0.6 is 0 Å². The van der Waals surface area contributed by atoms with E-state index in [9.17, 15) is 9.18 Å². The van der Waals surface area contributed by atoms with E-state index >= 15 is 0 Å². The largest absolute Gasteiger partial charge is 0.497 e. The molecule has 5 rings (SSSR count). The number of fused-ring (bicyclic) bond motifs is 1. The van der Waals surface area contributed by atoms with Crippen LogP contribution in [-0.4, -0.2) is 27.8 Å². The molecule has 0 aliphatic carbocycles. The number of anilines is 1. The molecule has 5 aromatic rings. The lowest BCUT2D eigenvalue weighted by atomic mass is 10.1. The van der Waals surface area contributed by atoms with Crippen molar-refractivity contribution in [3.63, 3.8) is 0 Å². The van der Waals surface area contributed by atoms with E-state index in [1.165, 1.54) is 12.1 Å². The summed E-state index contributed by atoms with van der Waals surface area (Å²) in [7, 11) is 1.59. The van der Waals surface area contributed by atoms with Crippen molar-refractivity contribution in [3.05, 3.63) is 103 Å². The maximum absolute atomic E-state index is 13.5. The van der Waals surface area contributed by atoms with Gasteiger partial charge in [0, 0.05) is 16.6 Å². The normalized spacial score (nSPS) is 10.8. The topological polar surface area (TPSA) is 69.0 Å². The Morgan fingerprint density at radius 1 is 0.909 bits per heavy atom. The van der Waals surface area contributed by atoms with E-state index in [4.69, 9.17) is 4.74 Å². The summed E-state index contributed by atoms with van der Waals surface area (Å²) >= 11 is 0. The van der Waals surface area contributed by atoms with E-state index in [0.717, 1.165) is 10.8 Å². The zero-order chi connectivity index (χ0) is 22.8. The number of halogens is 1. The van der Waals surface area contributed by atoms with Gasteiger partial charge in [0.15, 0.2) is 5.82 Å². The number of nitrogens with one attached hydrogen (secondary N) is 1. The molecule has 1 N–H and O–H groups in total. The van der Waals surface area contributed by atoms with Crippen LogP contribution in [0.4, 0.5) is 10.1 Å². The second-order valence-electron chi connectivity index (χ2n) is 7.36. The number of carbonyl (C=O) groups is 1. The van der Waals surface area contributed by atoms with Crippen LogP contribution in [0, 0.1) is 5.82 Å². The maximum atomic E-state index is 13.5. The molecule has 1 amide bonds. The summed E-state index contributed by atoms with van der Waals surface area (Å²) in [6.45, 7) is 0. The molecular weight excluding hydrogens is 419 g/mol. The Bertz CT molecular complexity index is 1440. The third-order valence-electron chi connectivity index (χ3n) is 5.27. The number of hydrogen-bond acceptors (Lipinski definition) is 4. The monoisotopic (exact) mass is 438 g/mol. The quantitative estimate of drug-likeness (QED) is 0.394. The molecule has 0 aliphatic heterocycles. The zero-order valence-electron chi connectivity index (χ0n) is 17.7. The molecule has 0 saturated heterocycles. The summed E-state index contributed by atoms with van der Waals surface area (Å²) in [6.07, 6.45) is 0. The molecule has 0 bridgehead atoms. The molecule has 162 valence electrons. The number of benzene rings is 4. The van der Waals surface area contributed by atoms with E-state index in [-0.39, 0.29) is 11.6 Å². The van der Waals surface area contributed by atoms with Gasteiger partial charge in [0.05, 0.1) is 12.8 Å². The summed E-state index contributed by atoms with van der Waals surface area (Å²) < 4.78 is 20.3. The summed E-state index contributed by atoms with van der Waals surface area (Å²) in [5.41, 5.74) is 1.98. The first kappa shape index (κ1) is 20.4. The Labute approximate surface area is 189 Å². The van der Waals surface area contributed by atoms with Crippen molar-refractivity contribution in [1.29, 1.82) is 0 Å². The molecule has 1 aromatic heterocycles. The van der Waals surface area contributed by atoms with Gasteiger partial charge in [-0.1, -0.05) is 36.4 Å². The highest BCUT2D eigenvalue weighted by Crippen LogP contribution is 2.25. The van der Waals surface area contributed by atoms with Gasteiger partial charge in [-0.05, 0) is 60.0 Å². The van der Waals surface area contributed by atoms with Crippen molar-refractivity contribution in [3.8, 4) is 22.8 Å². The van der Waals surface area contributed by atoms with Gasteiger partial charge in [0.1, 0.15) is 11.6 Å². The fourth-order valence-corrected chi connectivity index (χ4v) is 3.61. The Balaban J connectivity index is 1.55. The molecule has 6 nitrogen and oxygen atoms in total. The minimum absolute atomic E-state index is 0.00178. The van der Waals surface area contributed by atoms with E-state index in [2.05, 4.69) is 15.4 Å². The van der Waals surface area contributed by atoms with Gasteiger partial charge in [-0.15, -0.1) is 5.10 Å². The third kappa shape index (κ3) is 4.04. The van der Waals surface area contributed by atoms with Gasteiger partial charge in [0.2, 0.25) is 5.82 Å². The number of nitrogens with zero attached hydrogens (tertiary/aromatic N) is 3. The number of carbonyl (C=O) groups excluding carboxylic acids is 1. The van der Waals surface area contributed by atoms with Crippen LogP contribution in [0.1, 0.15) is 10.6 Å². The Morgan fingerprint density at radius 2 is 1.64 bits per heavy atom. The van der Waals surface area contributed by atoms with Gasteiger partial charge in [-0.2, -0.15) is 0 Å². The van der Waals surface area contributed by atoms with Crippen LogP contribution < -0.4 is 10.1 Å². The Hall–Kier alpha value is -4.52. The molecule has 7 heteroatoms. The summed E-state index contributed by atoms with van der Waals surface area (Å²) in [6, 6.07) is 26.6. The first-order valence-corrected chi connectivity index (χ1v) is 10.3. The van der Waals surface area contributed by atoms with Crippen LogP contribution in [0.25, 0.3) is 27.8 Å². The minimum Gasteiger partial charge on any atom is -0.497 e. The molecule has 0 unspecified atom stereocenters. The van der Waals surface area contributed by atoms with Crippen molar-refractivity contribution in [2.75, 3.05) is 12.4 Å².